The number of rotatable bonds is 3. The summed E-state index contributed by atoms with van der Waals surface area (Å²) < 4.78 is 0. The molecule has 5 nitrogen and oxygen atoms in total. The van der Waals surface area contributed by atoms with Crippen LogP contribution in [-0.2, 0) is 0 Å². The zero-order valence-electron chi connectivity index (χ0n) is 13.8. The Kier molecular flexibility index (Phi) is 5.30. The number of anilines is 2. The molecule has 3 rings (SSSR count). The lowest BCUT2D eigenvalue weighted by molar-refractivity contribution is 0.0755. The largest absolute Gasteiger partial charge is 0.339 e. The highest BCUT2D eigenvalue weighted by molar-refractivity contribution is 6.31. The van der Waals surface area contributed by atoms with E-state index in [9.17, 15) is 4.79 Å². The Morgan fingerprint density at radius 2 is 1.88 bits per heavy atom. The van der Waals surface area contributed by atoms with Crippen molar-refractivity contribution in [3.63, 3.8) is 0 Å². The molecule has 1 aromatic carbocycles. The van der Waals surface area contributed by atoms with Crippen LogP contribution < -0.4 is 5.32 Å². The number of hydrogen-bond acceptors (Lipinski definition) is 4. The first-order chi connectivity index (χ1) is 11.6. The third kappa shape index (κ3) is 3.85. The lowest BCUT2D eigenvalue weighted by Gasteiger charge is -2.19. The monoisotopic (exact) mass is 344 g/mol. The first-order valence-electron chi connectivity index (χ1n) is 8.28. The Labute approximate surface area is 147 Å². The van der Waals surface area contributed by atoms with Crippen LogP contribution in [0.15, 0.2) is 30.6 Å². The summed E-state index contributed by atoms with van der Waals surface area (Å²) >= 11 is 6.12. The standard InChI is InChI=1S/C18H21ClN4O/c1-13-14(19)7-6-8-15(13)22-17-12-20-16(11-21-17)18(24)23-9-4-2-3-5-10-23/h6-8,11-12H,2-5,9-10H2,1H3,(H,21,22). The fourth-order valence-electron chi connectivity index (χ4n) is 2.82. The molecule has 6 heteroatoms. The van der Waals surface area contributed by atoms with Crippen molar-refractivity contribution in [3.8, 4) is 0 Å². The molecule has 0 atom stereocenters. The quantitative estimate of drug-likeness (QED) is 0.906. The average Bonchev–Trinajstić information content (AvgIpc) is 2.88. The minimum absolute atomic E-state index is 0.0325. The van der Waals surface area contributed by atoms with E-state index in [1.54, 1.807) is 6.20 Å². The van der Waals surface area contributed by atoms with Gasteiger partial charge in [-0.05, 0) is 37.5 Å². The van der Waals surface area contributed by atoms with Crippen LogP contribution in [0.4, 0.5) is 11.5 Å². The molecule has 1 saturated heterocycles. The summed E-state index contributed by atoms with van der Waals surface area (Å²) in [5.74, 6) is 0.558. The van der Waals surface area contributed by atoms with E-state index in [1.165, 1.54) is 19.0 Å². The van der Waals surface area contributed by atoms with Gasteiger partial charge in [-0.25, -0.2) is 9.97 Å². The molecular weight excluding hydrogens is 324 g/mol. The van der Waals surface area contributed by atoms with Crippen molar-refractivity contribution in [2.75, 3.05) is 18.4 Å². The van der Waals surface area contributed by atoms with Crippen LogP contribution in [0.2, 0.25) is 5.02 Å². The first-order valence-corrected chi connectivity index (χ1v) is 8.66. The number of halogens is 1. The maximum atomic E-state index is 12.5. The topological polar surface area (TPSA) is 58.1 Å². The number of carbonyl (C=O) groups is 1. The third-order valence-corrected chi connectivity index (χ3v) is 4.70. The second kappa shape index (κ2) is 7.62. The summed E-state index contributed by atoms with van der Waals surface area (Å²) in [6.45, 7) is 3.56. The number of benzene rings is 1. The smallest absolute Gasteiger partial charge is 0.274 e. The molecule has 1 fully saturated rings. The molecule has 0 aliphatic carbocycles. The van der Waals surface area contributed by atoms with Crippen LogP contribution in [-0.4, -0.2) is 33.9 Å². The molecule has 0 saturated carbocycles. The Morgan fingerprint density at radius 3 is 2.54 bits per heavy atom. The van der Waals surface area contributed by atoms with Gasteiger partial charge in [0.1, 0.15) is 11.5 Å². The van der Waals surface area contributed by atoms with Crippen LogP contribution >= 0.6 is 11.6 Å². The highest BCUT2D eigenvalue weighted by Gasteiger charge is 2.18. The minimum Gasteiger partial charge on any atom is -0.339 e. The lowest BCUT2D eigenvalue weighted by Crippen LogP contribution is -2.32. The minimum atomic E-state index is -0.0325. The molecule has 24 heavy (non-hydrogen) atoms. The van der Waals surface area contributed by atoms with Gasteiger partial charge in [-0.2, -0.15) is 0 Å². The van der Waals surface area contributed by atoms with Gasteiger partial charge in [0.2, 0.25) is 0 Å². The summed E-state index contributed by atoms with van der Waals surface area (Å²) in [6, 6.07) is 5.65. The number of nitrogens with zero attached hydrogens (tertiary/aromatic N) is 3. The molecule has 2 heterocycles. The van der Waals surface area contributed by atoms with Crippen molar-refractivity contribution in [2.24, 2.45) is 0 Å². The molecule has 126 valence electrons. The number of likely N-dealkylation sites (tertiary alicyclic amines) is 1. The molecule has 1 N–H and O–H groups in total. The predicted molar refractivity (Wildman–Crippen MR) is 95.9 cm³/mol. The van der Waals surface area contributed by atoms with E-state index in [-0.39, 0.29) is 5.91 Å². The second-order valence-corrected chi connectivity index (χ2v) is 6.44. The molecule has 0 bridgehead atoms. The molecular formula is C18H21ClN4O. The van der Waals surface area contributed by atoms with Crippen LogP contribution in [0, 0.1) is 6.92 Å². The third-order valence-electron chi connectivity index (χ3n) is 4.29. The molecule has 0 radical (unpaired) electrons. The van der Waals surface area contributed by atoms with Crippen molar-refractivity contribution in [3.05, 3.63) is 46.9 Å². The van der Waals surface area contributed by atoms with Gasteiger partial charge < -0.3 is 10.2 Å². The van der Waals surface area contributed by atoms with E-state index < -0.39 is 0 Å². The van der Waals surface area contributed by atoms with Crippen LogP contribution in [0.3, 0.4) is 0 Å². The number of amides is 1. The van der Waals surface area contributed by atoms with E-state index in [4.69, 9.17) is 11.6 Å². The SMILES string of the molecule is Cc1c(Cl)cccc1Nc1cnc(C(=O)N2CCCCCC2)cn1. The van der Waals surface area contributed by atoms with E-state index in [2.05, 4.69) is 15.3 Å². The Morgan fingerprint density at radius 1 is 1.12 bits per heavy atom. The van der Waals surface area contributed by atoms with Crippen molar-refractivity contribution in [2.45, 2.75) is 32.6 Å². The van der Waals surface area contributed by atoms with E-state index in [1.807, 2.05) is 30.0 Å². The molecule has 1 aliphatic rings. The van der Waals surface area contributed by atoms with Gasteiger partial charge in [0, 0.05) is 23.8 Å². The Bertz CT molecular complexity index is 709. The fraction of sp³-hybridized carbons (Fsp3) is 0.389. The molecule has 1 aliphatic heterocycles. The summed E-state index contributed by atoms with van der Waals surface area (Å²) in [4.78, 5) is 23.0. The van der Waals surface area contributed by atoms with E-state index >= 15 is 0 Å². The van der Waals surface area contributed by atoms with Gasteiger partial charge in [-0.3, -0.25) is 4.79 Å². The molecule has 0 unspecified atom stereocenters. The number of nitrogens with one attached hydrogen (secondary N) is 1. The van der Waals surface area contributed by atoms with Crippen molar-refractivity contribution in [1.29, 1.82) is 0 Å². The van der Waals surface area contributed by atoms with Gasteiger partial charge in [0.25, 0.3) is 5.91 Å². The second-order valence-electron chi connectivity index (χ2n) is 6.03. The lowest BCUT2D eigenvalue weighted by atomic mass is 10.2. The fourth-order valence-corrected chi connectivity index (χ4v) is 2.99. The van der Waals surface area contributed by atoms with Gasteiger partial charge in [-0.15, -0.1) is 0 Å². The number of carbonyl (C=O) groups excluding carboxylic acids is 1. The molecule has 0 spiro atoms. The van der Waals surface area contributed by atoms with Gasteiger partial charge >= 0.3 is 0 Å². The highest BCUT2D eigenvalue weighted by Crippen LogP contribution is 2.25. The van der Waals surface area contributed by atoms with Gasteiger partial charge in [0.05, 0.1) is 12.4 Å². The average molecular weight is 345 g/mol. The van der Waals surface area contributed by atoms with E-state index in [0.29, 0.717) is 16.5 Å². The maximum Gasteiger partial charge on any atom is 0.274 e. The van der Waals surface area contributed by atoms with E-state index in [0.717, 1.165) is 37.2 Å². The van der Waals surface area contributed by atoms with Crippen LogP contribution in [0.5, 0.6) is 0 Å². The molecule has 1 amide bonds. The van der Waals surface area contributed by atoms with Gasteiger partial charge in [-0.1, -0.05) is 30.5 Å². The molecule has 1 aromatic heterocycles. The molecule has 2 aromatic rings. The summed E-state index contributed by atoms with van der Waals surface area (Å²) in [7, 11) is 0. The Balaban J connectivity index is 1.71. The zero-order chi connectivity index (χ0) is 16.9. The predicted octanol–water partition coefficient (Wildman–Crippen LogP) is 4.20. The van der Waals surface area contributed by atoms with Crippen LogP contribution in [0.1, 0.15) is 41.7 Å². The normalized spacial score (nSPS) is 15.0. The van der Waals surface area contributed by atoms with Crippen LogP contribution in [0.25, 0.3) is 0 Å². The van der Waals surface area contributed by atoms with Gasteiger partial charge in [0.15, 0.2) is 0 Å². The highest BCUT2D eigenvalue weighted by atomic mass is 35.5. The first kappa shape index (κ1) is 16.7. The summed E-state index contributed by atoms with van der Waals surface area (Å²) in [5, 5.41) is 3.88. The summed E-state index contributed by atoms with van der Waals surface area (Å²) in [6.07, 6.45) is 7.63. The Hall–Kier alpha value is -2.14. The van der Waals surface area contributed by atoms with Crippen molar-refractivity contribution < 1.29 is 4.79 Å². The zero-order valence-corrected chi connectivity index (χ0v) is 14.5. The number of aromatic nitrogens is 2. The van der Waals surface area contributed by atoms with Crippen molar-refractivity contribution in [1.82, 2.24) is 14.9 Å². The van der Waals surface area contributed by atoms with Crippen molar-refractivity contribution >= 4 is 29.0 Å². The number of hydrogen-bond donors (Lipinski definition) is 1. The summed E-state index contributed by atoms with van der Waals surface area (Å²) in [5.41, 5.74) is 2.22. The maximum absolute atomic E-state index is 12.5.